The maximum atomic E-state index is 9.25. The molecule has 0 saturated carbocycles. The van der Waals surface area contributed by atoms with Gasteiger partial charge in [-0.2, -0.15) is 10.5 Å². The lowest BCUT2D eigenvalue weighted by Crippen LogP contribution is -2.12. The van der Waals surface area contributed by atoms with E-state index in [9.17, 15) is 5.26 Å². The number of imidazole rings is 1. The van der Waals surface area contributed by atoms with Gasteiger partial charge in [-0.3, -0.25) is 0 Å². The summed E-state index contributed by atoms with van der Waals surface area (Å²) >= 11 is 0. The Balaban J connectivity index is 2.33. The van der Waals surface area contributed by atoms with Crippen molar-refractivity contribution in [3.8, 4) is 12.1 Å². The third-order valence-electron chi connectivity index (χ3n) is 3.40. The fraction of sp³-hybridized carbons (Fsp3) is 0.438. The molecule has 4 heteroatoms. The largest absolute Gasteiger partial charge is 0.327 e. The fourth-order valence-corrected chi connectivity index (χ4v) is 2.40. The number of benzene rings is 1. The first-order chi connectivity index (χ1) is 9.80. The Kier molecular flexibility index (Phi) is 4.74. The molecule has 0 aliphatic carbocycles. The summed E-state index contributed by atoms with van der Waals surface area (Å²) < 4.78 is 2.14. The van der Waals surface area contributed by atoms with E-state index < -0.39 is 0 Å². The van der Waals surface area contributed by atoms with Gasteiger partial charge in [-0.15, -0.1) is 0 Å². The molecule has 0 N–H and O–H groups in total. The van der Waals surface area contributed by atoms with E-state index in [0.29, 0.717) is 19.4 Å². The van der Waals surface area contributed by atoms with Crippen LogP contribution in [0.3, 0.4) is 0 Å². The number of aromatic nitrogens is 2. The van der Waals surface area contributed by atoms with E-state index in [-0.39, 0.29) is 5.92 Å². The standard InChI is InChI=1S/C16H18N4/c1-2-6-16-19-14-8-3-4-9-15(14)20(16)12-13(11-18)7-5-10-17/h3-4,8-9,13H,2,5-7,12H2,1H3. The van der Waals surface area contributed by atoms with Gasteiger partial charge in [-0.25, -0.2) is 4.98 Å². The second-order valence-electron chi connectivity index (χ2n) is 4.90. The van der Waals surface area contributed by atoms with Gasteiger partial charge in [-0.1, -0.05) is 19.1 Å². The lowest BCUT2D eigenvalue weighted by atomic mass is 10.1. The molecule has 2 rings (SSSR count). The SMILES string of the molecule is CCCc1nc2ccccc2n1CC(C#N)CCC#N. The zero-order valence-electron chi connectivity index (χ0n) is 11.7. The minimum atomic E-state index is -0.136. The topological polar surface area (TPSA) is 65.4 Å². The first kappa shape index (κ1) is 14.1. The highest BCUT2D eigenvalue weighted by Crippen LogP contribution is 2.20. The summed E-state index contributed by atoms with van der Waals surface area (Å²) in [6.07, 6.45) is 2.98. The molecule has 0 aliphatic rings. The van der Waals surface area contributed by atoms with Crippen molar-refractivity contribution >= 4 is 11.0 Å². The Bertz CT molecular complexity index is 657. The van der Waals surface area contributed by atoms with Crippen LogP contribution < -0.4 is 0 Å². The molecular formula is C16H18N4. The molecule has 2 aromatic rings. The molecule has 1 atom stereocenters. The first-order valence-electron chi connectivity index (χ1n) is 7.00. The minimum Gasteiger partial charge on any atom is -0.327 e. The number of hydrogen-bond donors (Lipinski definition) is 0. The number of fused-ring (bicyclic) bond motifs is 1. The van der Waals surface area contributed by atoms with Gasteiger partial charge in [0, 0.05) is 19.4 Å². The third-order valence-corrected chi connectivity index (χ3v) is 3.40. The zero-order chi connectivity index (χ0) is 14.4. The zero-order valence-corrected chi connectivity index (χ0v) is 11.7. The predicted molar refractivity (Wildman–Crippen MR) is 77.7 cm³/mol. The molecule has 1 aromatic carbocycles. The molecule has 4 nitrogen and oxygen atoms in total. The Morgan fingerprint density at radius 3 is 2.80 bits per heavy atom. The monoisotopic (exact) mass is 266 g/mol. The van der Waals surface area contributed by atoms with Crippen molar-refractivity contribution < 1.29 is 0 Å². The van der Waals surface area contributed by atoms with Crippen LogP contribution in [0.4, 0.5) is 0 Å². The molecule has 1 aromatic heterocycles. The maximum Gasteiger partial charge on any atom is 0.109 e. The number of nitrogens with zero attached hydrogens (tertiary/aromatic N) is 4. The molecule has 0 aliphatic heterocycles. The average Bonchev–Trinajstić information content (AvgIpc) is 2.81. The average molecular weight is 266 g/mol. The second-order valence-corrected chi connectivity index (χ2v) is 4.90. The summed E-state index contributed by atoms with van der Waals surface area (Å²) in [7, 11) is 0. The highest BCUT2D eigenvalue weighted by Gasteiger charge is 2.14. The lowest BCUT2D eigenvalue weighted by Gasteiger charge is -2.12. The van der Waals surface area contributed by atoms with Crippen LogP contribution in [0.2, 0.25) is 0 Å². The van der Waals surface area contributed by atoms with Crippen LogP contribution in [-0.4, -0.2) is 9.55 Å². The van der Waals surface area contributed by atoms with Gasteiger partial charge >= 0.3 is 0 Å². The summed E-state index contributed by atoms with van der Waals surface area (Å²) in [6, 6.07) is 12.4. The lowest BCUT2D eigenvalue weighted by molar-refractivity contribution is 0.505. The van der Waals surface area contributed by atoms with Crippen molar-refractivity contribution in [1.29, 1.82) is 10.5 Å². The molecule has 20 heavy (non-hydrogen) atoms. The summed E-state index contributed by atoms with van der Waals surface area (Å²) in [5.74, 6) is 0.897. The minimum absolute atomic E-state index is 0.136. The summed E-state index contributed by atoms with van der Waals surface area (Å²) in [4.78, 5) is 4.66. The molecule has 0 amide bonds. The Morgan fingerprint density at radius 2 is 2.10 bits per heavy atom. The van der Waals surface area contributed by atoms with E-state index in [4.69, 9.17) is 5.26 Å². The van der Waals surface area contributed by atoms with Gasteiger partial charge in [0.05, 0.1) is 29.1 Å². The molecule has 1 unspecified atom stereocenters. The molecule has 0 fully saturated rings. The molecule has 1 heterocycles. The van der Waals surface area contributed by atoms with Crippen molar-refractivity contribution in [3.05, 3.63) is 30.1 Å². The normalized spacial score (nSPS) is 11.9. The van der Waals surface area contributed by atoms with E-state index in [2.05, 4.69) is 28.6 Å². The van der Waals surface area contributed by atoms with Gasteiger partial charge in [0.25, 0.3) is 0 Å². The second kappa shape index (κ2) is 6.73. The molecule has 0 radical (unpaired) electrons. The van der Waals surface area contributed by atoms with Crippen molar-refractivity contribution in [3.63, 3.8) is 0 Å². The van der Waals surface area contributed by atoms with Gasteiger partial charge in [0.15, 0.2) is 0 Å². The Hall–Kier alpha value is -2.33. The van der Waals surface area contributed by atoms with Crippen LogP contribution in [0.1, 0.15) is 32.0 Å². The third kappa shape index (κ3) is 2.97. The van der Waals surface area contributed by atoms with Gasteiger partial charge in [-0.05, 0) is 25.0 Å². The highest BCUT2D eigenvalue weighted by atomic mass is 15.1. The Labute approximate surface area is 119 Å². The van der Waals surface area contributed by atoms with Crippen LogP contribution >= 0.6 is 0 Å². The number of hydrogen-bond acceptors (Lipinski definition) is 3. The number of aryl methyl sites for hydroxylation is 1. The van der Waals surface area contributed by atoms with Gasteiger partial charge in [0.2, 0.25) is 0 Å². The van der Waals surface area contributed by atoms with E-state index in [1.165, 1.54) is 0 Å². The first-order valence-corrected chi connectivity index (χ1v) is 7.00. The van der Waals surface area contributed by atoms with Crippen LogP contribution in [0.15, 0.2) is 24.3 Å². The predicted octanol–water partition coefficient (Wildman–Crippen LogP) is 3.43. The van der Waals surface area contributed by atoms with E-state index >= 15 is 0 Å². The smallest absolute Gasteiger partial charge is 0.109 e. The molecule has 0 spiro atoms. The molecule has 102 valence electrons. The number of para-hydroxylation sites is 2. The molecular weight excluding hydrogens is 248 g/mol. The van der Waals surface area contributed by atoms with Gasteiger partial charge in [0.1, 0.15) is 5.82 Å². The quantitative estimate of drug-likeness (QED) is 0.804. The van der Waals surface area contributed by atoms with Crippen LogP contribution in [0.25, 0.3) is 11.0 Å². The molecule has 0 saturated heterocycles. The maximum absolute atomic E-state index is 9.25. The van der Waals surface area contributed by atoms with Gasteiger partial charge < -0.3 is 4.57 Å². The number of rotatable bonds is 6. The summed E-state index contributed by atoms with van der Waals surface area (Å²) in [6.45, 7) is 2.75. The van der Waals surface area contributed by atoms with Crippen molar-refractivity contribution in [2.75, 3.05) is 0 Å². The summed E-state index contributed by atoms with van der Waals surface area (Å²) in [5, 5.41) is 17.9. The van der Waals surface area contributed by atoms with E-state index in [1.54, 1.807) is 0 Å². The summed E-state index contributed by atoms with van der Waals surface area (Å²) in [5.41, 5.74) is 2.06. The number of nitriles is 2. The van der Waals surface area contributed by atoms with E-state index in [1.807, 2.05) is 24.3 Å². The Morgan fingerprint density at radius 1 is 1.30 bits per heavy atom. The van der Waals surface area contributed by atoms with Crippen LogP contribution in [0.5, 0.6) is 0 Å². The fourth-order valence-electron chi connectivity index (χ4n) is 2.40. The van der Waals surface area contributed by atoms with Crippen molar-refractivity contribution in [2.45, 2.75) is 39.2 Å². The van der Waals surface area contributed by atoms with Crippen molar-refractivity contribution in [1.82, 2.24) is 9.55 Å². The van der Waals surface area contributed by atoms with Crippen LogP contribution in [0, 0.1) is 28.6 Å². The van der Waals surface area contributed by atoms with E-state index in [0.717, 1.165) is 29.7 Å². The van der Waals surface area contributed by atoms with Crippen molar-refractivity contribution in [2.24, 2.45) is 5.92 Å². The highest BCUT2D eigenvalue weighted by molar-refractivity contribution is 5.75. The van der Waals surface area contributed by atoms with Crippen LogP contribution in [-0.2, 0) is 13.0 Å². The molecule has 0 bridgehead atoms.